The fourth-order valence-corrected chi connectivity index (χ4v) is 3.54. The molecule has 0 saturated heterocycles. The number of fused-ring (bicyclic) bond motifs is 1. The molecule has 1 aromatic carbocycles. The van der Waals surface area contributed by atoms with Crippen molar-refractivity contribution in [3.05, 3.63) is 69.4 Å². The molecule has 3 aromatic rings. The Bertz CT molecular complexity index is 1100. The lowest BCUT2D eigenvalue weighted by Gasteiger charge is -2.15. The Labute approximate surface area is 169 Å². The summed E-state index contributed by atoms with van der Waals surface area (Å²) in [5.41, 5.74) is 2.48. The highest BCUT2D eigenvalue weighted by Gasteiger charge is 2.16. The zero-order valence-electron chi connectivity index (χ0n) is 15.9. The number of pyridine rings is 2. The number of benzene rings is 1. The molecular weight excluding hydrogens is 397 g/mol. The normalized spacial score (nSPS) is 12.4. The van der Waals surface area contributed by atoms with E-state index >= 15 is 0 Å². The number of nitrogens with one attached hydrogen (secondary N) is 1. The molecule has 0 radical (unpaired) electrons. The van der Waals surface area contributed by atoms with E-state index in [1.54, 1.807) is 31.3 Å². The van der Waals surface area contributed by atoms with E-state index in [1.165, 1.54) is 16.7 Å². The summed E-state index contributed by atoms with van der Waals surface area (Å²) in [5, 5.41) is 13.3. The summed E-state index contributed by atoms with van der Waals surface area (Å²) in [4.78, 5) is 17.2. The van der Waals surface area contributed by atoms with Crippen LogP contribution in [-0.4, -0.2) is 35.8 Å². The lowest BCUT2D eigenvalue weighted by Crippen LogP contribution is -2.30. The molecule has 3 rings (SSSR count). The van der Waals surface area contributed by atoms with Crippen LogP contribution in [0.4, 0.5) is 4.39 Å². The maximum Gasteiger partial charge on any atom is 0.258 e. The van der Waals surface area contributed by atoms with E-state index in [9.17, 15) is 18.5 Å². The van der Waals surface area contributed by atoms with E-state index in [1.807, 2.05) is 0 Å². The molecule has 0 spiro atoms. The van der Waals surface area contributed by atoms with E-state index in [2.05, 4.69) is 10.3 Å². The molecule has 7 nitrogen and oxygen atoms in total. The van der Waals surface area contributed by atoms with Crippen LogP contribution in [0.25, 0.3) is 11.0 Å². The van der Waals surface area contributed by atoms with Crippen LogP contribution < -0.4 is 10.9 Å². The summed E-state index contributed by atoms with van der Waals surface area (Å²) >= 11 is -1.97. The average Bonchev–Trinajstić information content (AvgIpc) is 2.69. The second-order valence-electron chi connectivity index (χ2n) is 6.62. The molecule has 3 N–H and O–H groups in total. The molecule has 0 aliphatic rings. The minimum atomic E-state index is -1.97. The van der Waals surface area contributed by atoms with Gasteiger partial charge in [-0.2, -0.15) is 0 Å². The van der Waals surface area contributed by atoms with Gasteiger partial charge in [0.1, 0.15) is 11.3 Å². The molecule has 9 heteroatoms. The van der Waals surface area contributed by atoms with Crippen LogP contribution in [0, 0.1) is 5.82 Å². The highest BCUT2D eigenvalue weighted by molar-refractivity contribution is 7.79. The minimum absolute atomic E-state index is 0.0977. The summed E-state index contributed by atoms with van der Waals surface area (Å²) in [6.45, 7) is 2.33. The third-order valence-electron chi connectivity index (χ3n) is 4.64. The van der Waals surface area contributed by atoms with E-state index in [0.717, 1.165) is 11.1 Å². The Morgan fingerprint density at radius 2 is 1.97 bits per heavy atom. The lowest BCUT2D eigenvalue weighted by atomic mass is 10.0. The molecule has 0 bridgehead atoms. The molecule has 154 valence electrons. The highest BCUT2D eigenvalue weighted by Crippen LogP contribution is 2.26. The van der Waals surface area contributed by atoms with Gasteiger partial charge >= 0.3 is 0 Å². The van der Waals surface area contributed by atoms with Crippen molar-refractivity contribution in [2.75, 3.05) is 12.4 Å². The van der Waals surface area contributed by atoms with Gasteiger partial charge < -0.3 is 19.5 Å². The zero-order valence-corrected chi connectivity index (χ0v) is 16.7. The number of halogens is 1. The number of rotatable bonds is 8. The SMILES string of the molecule is CCc1c(O)c2ncc(Cc3ccc(F)cc3)cc2n(CCNCS(=O)O)c1=O. The molecule has 29 heavy (non-hydrogen) atoms. The fourth-order valence-electron chi connectivity index (χ4n) is 3.23. The standard InChI is InChI=1S/C20H22FN3O4S/c1-2-16-19(25)18-17(24(20(16)26)8-7-22-12-29(27)28)10-14(11-23-18)9-13-3-5-15(21)6-4-13/h3-6,10-11,22,25H,2,7-9,12H2,1H3,(H,27,28). The number of nitrogens with zero attached hydrogens (tertiary/aromatic N) is 2. The third-order valence-corrected chi connectivity index (χ3v) is 5.09. The average molecular weight is 419 g/mol. The highest BCUT2D eigenvalue weighted by atomic mass is 32.2. The zero-order chi connectivity index (χ0) is 21.0. The summed E-state index contributed by atoms with van der Waals surface area (Å²) < 4.78 is 34.3. The fraction of sp³-hybridized carbons (Fsp3) is 0.300. The molecule has 0 aliphatic heterocycles. The molecule has 2 aromatic heterocycles. The number of hydrogen-bond donors (Lipinski definition) is 3. The van der Waals surface area contributed by atoms with Gasteiger partial charge in [-0.1, -0.05) is 19.1 Å². The molecule has 1 atom stereocenters. The molecule has 0 fully saturated rings. The predicted molar refractivity (Wildman–Crippen MR) is 110 cm³/mol. The minimum Gasteiger partial charge on any atom is -0.505 e. The third kappa shape index (κ3) is 4.87. The first-order valence-electron chi connectivity index (χ1n) is 9.16. The summed E-state index contributed by atoms with van der Waals surface area (Å²) in [7, 11) is 0. The van der Waals surface area contributed by atoms with E-state index in [-0.39, 0.29) is 35.1 Å². The van der Waals surface area contributed by atoms with Gasteiger partial charge in [0.2, 0.25) is 0 Å². The van der Waals surface area contributed by atoms with Gasteiger partial charge in [0, 0.05) is 19.3 Å². The van der Waals surface area contributed by atoms with Crippen molar-refractivity contribution in [2.45, 2.75) is 26.3 Å². The smallest absolute Gasteiger partial charge is 0.258 e. The Morgan fingerprint density at radius 1 is 1.24 bits per heavy atom. The molecule has 1 unspecified atom stereocenters. The van der Waals surface area contributed by atoms with E-state index in [4.69, 9.17) is 4.55 Å². The number of aromatic hydroxyl groups is 1. The van der Waals surface area contributed by atoms with Crippen molar-refractivity contribution < 1.29 is 18.3 Å². The maximum atomic E-state index is 13.1. The number of aromatic nitrogens is 2. The molecule has 0 amide bonds. The van der Waals surface area contributed by atoms with Gasteiger partial charge in [-0.05, 0) is 42.2 Å². The van der Waals surface area contributed by atoms with Crippen LogP contribution in [0.2, 0.25) is 0 Å². The summed E-state index contributed by atoms with van der Waals surface area (Å²) in [6, 6.07) is 7.93. The van der Waals surface area contributed by atoms with Crippen LogP contribution in [0.3, 0.4) is 0 Å². The molecule has 0 saturated carbocycles. The van der Waals surface area contributed by atoms with Crippen molar-refractivity contribution in [1.29, 1.82) is 0 Å². The number of hydrogen-bond acceptors (Lipinski definition) is 5. The largest absolute Gasteiger partial charge is 0.505 e. The Balaban J connectivity index is 2.01. The van der Waals surface area contributed by atoms with Crippen molar-refractivity contribution in [3.63, 3.8) is 0 Å². The van der Waals surface area contributed by atoms with Crippen LogP contribution in [0.15, 0.2) is 41.3 Å². The Kier molecular flexibility index (Phi) is 6.73. The summed E-state index contributed by atoms with van der Waals surface area (Å²) in [5.74, 6) is -0.534. The monoisotopic (exact) mass is 419 g/mol. The first kappa shape index (κ1) is 21.1. The van der Waals surface area contributed by atoms with Crippen LogP contribution in [-0.2, 0) is 30.5 Å². The summed E-state index contributed by atoms with van der Waals surface area (Å²) in [6.07, 6.45) is 2.48. The lowest BCUT2D eigenvalue weighted by molar-refractivity contribution is 0.469. The van der Waals surface area contributed by atoms with Crippen molar-refractivity contribution in [3.8, 4) is 5.75 Å². The van der Waals surface area contributed by atoms with Crippen molar-refractivity contribution >= 4 is 22.1 Å². The van der Waals surface area contributed by atoms with Gasteiger partial charge in [0.05, 0.1) is 17.0 Å². The topological polar surface area (TPSA) is 104 Å². The van der Waals surface area contributed by atoms with Gasteiger partial charge in [-0.25, -0.2) is 8.60 Å². The van der Waals surface area contributed by atoms with Crippen molar-refractivity contribution in [1.82, 2.24) is 14.9 Å². The van der Waals surface area contributed by atoms with Crippen LogP contribution in [0.5, 0.6) is 5.75 Å². The second kappa shape index (κ2) is 9.25. The first-order chi connectivity index (χ1) is 13.9. The first-order valence-corrected chi connectivity index (χ1v) is 10.4. The van der Waals surface area contributed by atoms with Gasteiger partial charge in [0.25, 0.3) is 5.56 Å². The molecule has 2 heterocycles. The maximum absolute atomic E-state index is 13.1. The van der Waals surface area contributed by atoms with Gasteiger partial charge in [0.15, 0.2) is 16.8 Å². The van der Waals surface area contributed by atoms with Gasteiger partial charge in [-0.15, -0.1) is 0 Å². The molecule has 0 aliphatic carbocycles. The van der Waals surface area contributed by atoms with Gasteiger partial charge in [-0.3, -0.25) is 9.78 Å². The molecular formula is C20H22FN3O4S. The van der Waals surface area contributed by atoms with Crippen LogP contribution >= 0.6 is 0 Å². The van der Waals surface area contributed by atoms with E-state index < -0.39 is 11.1 Å². The van der Waals surface area contributed by atoms with Crippen LogP contribution in [0.1, 0.15) is 23.6 Å². The Morgan fingerprint density at radius 3 is 2.62 bits per heavy atom. The second-order valence-corrected chi connectivity index (χ2v) is 7.55. The van der Waals surface area contributed by atoms with Crippen molar-refractivity contribution in [2.24, 2.45) is 0 Å². The van der Waals surface area contributed by atoms with E-state index in [0.29, 0.717) is 30.4 Å². The quantitative estimate of drug-likeness (QED) is 0.382. The predicted octanol–water partition coefficient (Wildman–Crippen LogP) is 2.16. The Hall–Kier alpha value is -2.62.